The lowest BCUT2D eigenvalue weighted by atomic mass is 10.1. The third kappa shape index (κ3) is 3.76. The Hall–Kier alpha value is -0.980. The first kappa shape index (κ1) is 15.1. The average molecular weight is 274 g/mol. The van der Waals surface area contributed by atoms with E-state index in [9.17, 15) is 12.8 Å². The van der Waals surface area contributed by atoms with Crippen LogP contribution in [0.4, 0.5) is 4.39 Å². The molecule has 0 saturated carbocycles. The van der Waals surface area contributed by atoms with Crippen molar-refractivity contribution in [2.75, 3.05) is 13.1 Å². The predicted molar refractivity (Wildman–Crippen MR) is 69.8 cm³/mol. The molecule has 0 fully saturated rings. The van der Waals surface area contributed by atoms with Gasteiger partial charge in [0.25, 0.3) is 10.2 Å². The molecule has 0 aromatic heterocycles. The van der Waals surface area contributed by atoms with Crippen molar-refractivity contribution in [1.29, 1.82) is 0 Å². The number of benzene rings is 1. The number of nitrogens with zero attached hydrogens (tertiary/aromatic N) is 1. The van der Waals surface area contributed by atoms with E-state index >= 15 is 0 Å². The quantitative estimate of drug-likeness (QED) is 0.863. The molecule has 1 N–H and O–H groups in total. The standard InChI is InChI=1S/C12H19FN2O2S/c1-4-15(5-2)18(16,17)14-10(3)11-6-8-12(13)9-7-11/h6-10,14H,4-5H2,1-3H3/t10-/m0/s1. The van der Waals surface area contributed by atoms with Crippen molar-refractivity contribution in [3.63, 3.8) is 0 Å². The summed E-state index contributed by atoms with van der Waals surface area (Å²) in [6.45, 7) is 6.13. The molecule has 1 aromatic rings. The monoisotopic (exact) mass is 274 g/mol. The SMILES string of the molecule is CCN(CC)S(=O)(=O)N[C@@H](C)c1ccc(F)cc1. The fourth-order valence-electron chi connectivity index (χ4n) is 1.68. The van der Waals surface area contributed by atoms with Gasteiger partial charge in [-0.2, -0.15) is 17.4 Å². The zero-order valence-corrected chi connectivity index (χ0v) is 11.7. The Morgan fingerprint density at radius 2 is 1.72 bits per heavy atom. The van der Waals surface area contributed by atoms with Crippen molar-refractivity contribution in [2.24, 2.45) is 0 Å². The van der Waals surface area contributed by atoms with E-state index in [0.717, 1.165) is 5.56 Å². The fraction of sp³-hybridized carbons (Fsp3) is 0.500. The van der Waals surface area contributed by atoms with Gasteiger partial charge in [0.15, 0.2) is 0 Å². The minimum Gasteiger partial charge on any atom is -0.207 e. The van der Waals surface area contributed by atoms with Crippen molar-refractivity contribution in [2.45, 2.75) is 26.8 Å². The third-order valence-electron chi connectivity index (χ3n) is 2.74. The summed E-state index contributed by atoms with van der Waals surface area (Å²) < 4.78 is 40.7. The van der Waals surface area contributed by atoms with Crippen LogP contribution in [-0.4, -0.2) is 25.8 Å². The van der Waals surface area contributed by atoms with Gasteiger partial charge >= 0.3 is 0 Å². The van der Waals surface area contributed by atoms with Crippen LogP contribution in [0.2, 0.25) is 0 Å². The molecule has 18 heavy (non-hydrogen) atoms. The molecule has 4 nitrogen and oxygen atoms in total. The first-order chi connectivity index (χ1) is 8.40. The van der Waals surface area contributed by atoms with Gasteiger partial charge in [-0.1, -0.05) is 26.0 Å². The molecule has 0 aliphatic carbocycles. The van der Waals surface area contributed by atoms with Crippen molar-refractivity contribution in [3.05, 3.63) is 35.6 Å². The Bertz CT molecular complexity index is 469. The summed E-state index contributed by atoms with van der Waals surface area (Å²) in [6, 6.07) is 5.39. The summed E-state index contributed by atoms with van der Waals surface area (Å²) in [4.78, 5) is 0. The lowest BCUT2D eigenvalue weighted by Gasteiger charge is -2.22. The van der Waals surface area contributed by atoms with Gasteiger partial charge in [-0.3, -0.25) is 0 Å². The minimum absolute atomic E-state index is 0.336. The molecule has 0 heterocycles. The van der Waals surface area contributed by atoms with Crippen molar-refractivity contribution < 1.29 is 12.8 Å². The van der Waals surface area contributed by atoms with Crippen molar-refractivity contribution >= 4 is 10.2 Å². The van der Waals surface area contributed by atoms with E-state index in [2.05, 4.69) is 4.72 Å². The Morgan fingerprint density at radius 1 is 1.22 bits per heavy atom. The van der Waals surface area contributed by atoms with E-state index in [4.69, 9.17) is 0 Å². The van der Waals surface area contributed by atoms with E-state index in [0.29, 0.717) is 13.1 Å². The minimum atomic E-state index is -3.49. The number of rotatable bonds is 6. The van der Waals surface area contributed by atoms with Crippen LogP contribution < -0.4 is 4.72 Å². The van der Waals surface area contributed by atoms with E-state index < -0.39 is 16.3 Å². The Labute approximate surface area is 108 Å². The summed E-state index contributed by atoms with van der Waals surface area (Å²) in [5, 5.41) is 0. The van der Waals surface area contributed by atoms with Crippen LogP contribution in [0, 0.1) is 5.82 Å². The van der Waals surface area contributed by atoms with Gasteiger partial charge in [0.2, 0.25) is 0 Å². The van der Waals surface area contributed by atoms with Gasteiger partial charge in [0.1, 0.15) is 5.82 Å². The first-order valence-electron chi connectivity index (χ1n) is 5.93. The predicted octanol–water partition coefficient (Wildman–Crippen LogP) is 2.06. The summed E-state index contributed by atoms with van der Waals surface area (Å²) >= 11 is 0. The molecule has 0 unspecified atom stereocenters. The van der Waals surface area contributed by atoms with Gasteiger partial charge in [0.05, 0.1) is 0 Å². The normalized spacial score (nSPS) is 13.8. The fourth-order valence-corrected chi connectivity index (χ4v) is 3.09. The molecule has 1 atom stereocenters. The molecule has 0 spiro atoms. The highest BCUT2D eigenvalue weighted by Gasteiger charge is 2.21. The van der Waals surface area contributed by atoms with E-state index in [1.54, 1.807) is 32.9 Å². The smallest absolute Gasteiger partial charge is 0.207 e. The van der Waals surface area contributed by atoms with E-state index in [-0.39, 0.29) is 5.82 Å². The first-order valence-corrected chi connectivity index (χ1v) is 7.37. The van der Waals surface area contributed by atoms with Gasteiger partial charge in [-0.25, -0.2) is 4.39 Å². The van der Waals surface area contributed by atoms with Gasteiger partial charge in [-0.05, 0) is 24.6 Å². The van der Waals surface area contributed by atoms with Gasteiger partial charge in [-0.15, -0.1) is 0 Å². The molecule has 0 aliphatic rings. The molecule has 0 radical (unpaired) electrons. The Kier molecular flexibility index (Phi) is 5.25. The molecule has 6 heteroatoms. The van der Waals surface area contributed by atoms with Crippen LogP contribution in [0.1, 0.15) is 32.4 Å². The summed E-state index contributed by atoms with van der Waals surface area (Å²) in [6.07, 6.45) is 0. The summed E-state index contributed by atoms with van der Waals surface area (Å²) in [5.41, 5.74) is 0.729. The van der Waals surface area contributed by atoms with Crippen LogP contribution in [0.3, 0.4) is 0 Å². The second kappa shape index (κ2) is 6.26. The number of hydrogen-bond donors (Lipinski definition) is 1. The zero-order chi connectivity index (χ0) is 13.8. The van der Waals surface area contributed by atoms with Crippen LogP contribution in [0.25, 0.3) is 0 Å². The maximum Gasteiger partial charge on any atom is 0.279 e. The molecule has 1 rings (SSSR count). The average Bonchev–Trinajstić information content (AvgIpc) is 2.30. The van der Waals surface area contributed by atoms with E-state index in [1.807, 2.05) is 0 Å². The Balaban J connectivity index is 2.81. The number of nitrogens with one attached hydrogen (secondary N) is 1. The molecular weight excluding hydrogens is 255 g/mol. The van der Waals surface area contributed by atoms with Crippen LogP contribution >= 0.6 is 0 Å². The van der Waals surface area contributed by atoms with Crippen LogP contribution in [0.15, 0.2) is 24.3 Å². The highest BCUT2D eigenvalue weighted by molar-refractivity contribution is 7.87. The summed E-state index contributed by atoms with van der Waals surface area (Å²) in [7, 11) is -3.49. The largest absolute Gasteiger partial charge is 0.279 e. The second-order valence-electron chi connectivity index (χ2n) is 3.98. The van der Waals surface area contributed by atoms with Crippen molar-refractivity contribution in [1.82, 2.24) is 9.03 Å². The van der Waals surface area contributed by atoms with Crippen LogP contribution in [-0.2, 0) is 10.2 Å². The molecular formula is C12H19FN2O2S. The highest BCUT2D eigenvalue weighted by Crippen LogP contribution is 2.14. The zero-order valence-electron chi connectivity index (χ0n) is 10.9. The topological polar surface area (TPSA) is 49.4 Å². The molecule has 0 saturated heterocycles. The Morgan fingerprint density at radius 3 is 2.17 bits per heavy atom. The lowest BCUT2D eigenvalue weighted by molar-refractivity contribution is 0.429. The number of hydrogen-bond acceptors (Lipinski definition) is 2. The van der Waals surface area contributed by atoms with E-state index in [1.165, 1.54) is 16.4 Å². The number of halogens is 1. The highest BCUT2D eigenvalue weighted by atomic mass is 32.2. The molecule has 102 valence electrons. The lowest BCUT2D eigenvalue weighted by Crippen LogP contribution is -2.41. The van der Waals surface area contributed by atoms with Crippen LogP contribution in [0.5, 0.6) is 0 Å². The maximum absolute atomic E-state index is 12.8. The summed E-state index contributed by atoms with van der Waals surface area (Å²) in [5.74, 6) is -0.336. The molecule has 1 aromatic carbocycles. The van der Waals surface area contributed by atoms with Gasteiger partial charge < -0.3 is 0 Å². The second-order valence-corrected chi connectivity index (χ2v) is 5.68. The van der Waals surface area contributed by atoms with Gasteiger partial charge in [0, 0.05) is 19.1 Å². The third-order valence-corrected chi connectivity index (χ3v) is 4.59. The molecule has 0 aliphatic heterocycles. The maximum atomic E-state index is 12.8. The molecule has 0 amide bonds. The molecule has 0 bridgehead atoms. The van der Waals surface area contributed by atoms with Crippen molar-refractivity contribution in [3.8, 4) is 0 Å².